The van der Waals surface area contributed by atoms with Gasteiger partial charge in [-0.25, -0.2) is 0 Å². The van der Waals surface area contributed by atoms with Crippen LogP contribution in [0.4, 0.5) is 23.1 Å². The average molecular weight is 390 g/mol. The molecule has 0 bridgehead atoms. The molecule has 0 spiro atoms. The van der Waals surface area contributed by atoms with Crippen molar-refractivity contribution in [2.75, 3.05) is 23.8 Å². The van der Waals surface area contributed by atoms with Crippen LogP contribution in [0.2, 0.25) is 10.0 Å². The SMILES string of the molecule is Clc1ccc(Cl)c(Nc2nncc(Nc3ccc4c(c3)OCCO4)n2)c1. The molecule has 1 aliphatic heterocycles. The summed E-state index contributed by atoms with van der Waals surface area (Å²) in [5, 5.41) is 15.1. The summed E-state index contributed by atoms with van der Waals surface area (Å²) in [6.45, 7) is 1.08. The molecular weight excluding hydrogens is 377 g/mol. The fourth-order valence-electron chi connectivity index (χ4n) is 2.40. The van der Waals surface area contributed by atoms with Crippen LogP contribution in [0.15, 0.2) is 42.6 Å². The van der Waals surface area contributed by atoms with Crippen LogP contribution in [-0.4, -0.2) is 28.4 Å². The minimum Gasteiger partial charge on any atom is -0.486 e. The smallest absolute Gasteiger partial charge is 0.249 e. The summed E-state index contributed by atoms with van der Waals surface area (Å²) in [7, 11) is 0. The maximum atomic E-state index is 6.14. The lowest BCUT2D eigenvalue weighted by Crippen LogP contribution is -2.15. The van der Waals surface area contributed by atoms with Gasteiger partial charge in [0.2, 0.25) is 5.95 Å². The second-order valence-electron chi connectivity index (χ2n) is 5.40. The average Bonchev–Trinajstić information content (AvgIpc) is 2.65. The highest BCUT2D eigenvalue weighted by Gasteiger charge is 2.12. The molecule has 1 aromatic heterocycles. The first-order valence-electron chi connectivity index (χ1n) is 7.76. The molecule has 2 aromatic carbocycles. The molecule has 132 valence electrons. The van der Waals surface area contributed by atoms with Crippen molar-refractivity contribution in [3.05, 3.63) is 52.6 Å². The number of anilines is 4. The minimum atomic E-state index is 0.289. The van der Waals surface area contributed by atoms with Gasteiger partial charge in [0.25, 0.3) is 0 Å². The molecule has 0 radical (unpaired) electrons. The predicted octanol–water partition coefficient (Wildman–Crippen LogP) is 4.44. The largest absolute Gasteiger partial charge is 0.486 e. The predicted molar refractivity (Wildman–Crippen MR) is 100 cm³/mol. The molecule has 4 rings (SSSR count). The number of rotatable bonds is 4. The Hall–Kier alpha value is -2.77. The Morgan fingerprint density at radius 3 is 2.65 bits per heavy atom. The van der Waals surface area contributed by atoms with Gasteiger partial charge in [-0.05, 0) is 30.3 Å². The first kappa shape index (κ1) is 16.7. The van der Waals surface area contributed by atoms with E-state index in [9.17, 15) is 0 Å². The Morgan fingerprint density at radius 1 is 0.923 bits per heavy atom. The molecule has 3 aromatic rings. The Bertz CT molecular complexity index is 954. The zero-order valence-corrected chi connectivity index (χ0v) is 14.9. The number of fused-ring (bicyclic) bond motifs is 1. The summed E-state index contributed by atoms with van der Waals surface area (Å²) in [6, 6.07) is 10.6. The molecule has 26 heavy (non-hydrogen) atoms. The van der Waals surface area contributed by atoms with Crippen LogP contribution in [0.1, 0.15) is 0 Å². The van der Waals surface area contributed by atoms with Crippen molar-refractivity contribution in [3.8, 4) is 11.5 Å². The van der Waals surface area contributed by atoms with Crippen LogP contribution < -0.4 is 20.1 Å². The number of aromatic nitrogens is 3. The lowest BCUT2D eigenvalue weighted by atomic mass is 10.2. The number of ether oxygens (including phenoxy) is 2. The van der Waals surface area contributed by atoms with E-state index in [4.69, 9.17) is 32.7 Å². The molecule has 1 aliphatic rings. The monoisotopic (exact) mass is 389 g/mol. The Kier molecular flexibility index (Phi) is 4.64. The van der Waals surface area contributed by atoms with Gasteiger partial charge in [0, 0.05) is 16.8 Å². The highest BCUT2D eigenvalue weighted by Crippen LogP contribution is 2.33. The first-order valence-corrected chi connectivity index (χ1v) is 8.51. The standard InChI is InChI=1S/C17H13Cl2N5O2/c18-10-1-3-12(19)13(7-10)22-17-23-16(9-20-24-17)21-11-2-4-14-15(8-11)26-6-5-25-14/h1-4,7-9H,5-6H2,(H2,21,22,23,24). The quantitative estimate of drug-likeness (QED) is 0.682. The summed E-state index contributed by atoms with van der Waals surface area (Å²) in [6.07, 6.45) is 1.52. The molecular formula is C17H13Cl2N5O2. The van der Waals surface area contributed by atoms with Gasteiger partial charge in [-0.2, -0.15) is 10.1 Å². The van der Waals surface area contributed by atoms with Crippen molar-refractivity contribution in [2.45, 2.75) is 0 Å². The summed E-state index contributed by atoms with van der Waals surface area (Å²) in [5.41, 5.74) is 1.39. The van der Waals surface area contributed by atoms with Gasteiger partial charge in [0.05, 0.1) is 16.9 Å². The molecule has 0 atom stereocenters. The third-order valence-electron chi connectivity index (χ3n) is 3.55. The Balaban J connectivity index is 1.53. The zero-order valence-electron chi connectivity index (χ0n) is 13.4. The maximum absolute atomic E-state index is 6.14. The van der Waals surface area contributed by atoms with Crippen molar-refractivity contribution in [1.82, 2.24) is 15.2 Å². The second kappa shape index (κ2) is 7.23. The third kappa shape index (κ3) is 3.74. The van der Waals surface area contributed by atoms with E-state index in [-0.39, 0.29) is 5.95 Å². The highest BCUT2D eigenvalue weighted by molar-refractivity contribution is 6.35. The van der Waals surface area contributed by atoms with Crippen molar-refractivity contribution in [3.63, 3.8) is 0 Å². The number of nitrogens with zero attached hydrogens (tertiary/aromatic N) is 3. The number of hydrogen-bond donors (Lipinski definition) is 2. The van der Waals surface area contributed by atoms with E-state index in [1.807, 2.05) is 18.2 Å². The Morgan fingerprint density at radius 2 is 1.77 bits per heavy atom. The van der Waals surface area contributed by atoms with E-state index in [0.29, 0.717) is 40.5 Å². The van der Waals surface area contributed by atoms with Gasteiger partial charge in [-0.1, -0.05) is 23.2 Å². The van der Waals surface area contributed by atoms with Gasteiger partial charge >= 0.3 is 0 Å². The minimum absolute atomic E-state index is 0.289. The highest BCUT2D eigenvalue weighted by atomic mass is 35.5. The second-order valence-corrected chi connectivity index (χ2v) is 6.24. The summed E-state index contributed by atoms with van der Waals surface area (Å²) < 4.78 is 11.1. The number of benzene rings is 2. The number of halogens is 2. The molecule has 2 N–H and O–H groups in total. The van der Waals surface area contributed by atoms with Crippen molar-refractivity contribution in [1.29, 1.82) is 0 Å². The molecule has 2 heterocycles. The molecule has 0 amide bonds. The van der Waals surface area contributed by atoms with E-state index in [2.05, 4.69) is 25.8 Å². The summed E-state index contributed by atoms with van der Waals surface area (Å²) in [5.74, 6) is 2.21. The third-order valence-corrected chi connectivity index (χ3v) is 4.11. The van der Waals surface area contributed by atoms with Gasteiger partial charge in [0.1, 0.15) is 13.2 Å². The lowest BCUT2D eigenvalue weighted by molar-refractivity contribution is 0.171. The number of nitrogens with one attached hydrogen (secondary N) is 2. The van der Waals surface area contributed by atoms with Crippen LogP contribution in [0.3, 0.4) is 0 Å². The van der Waals surface area contributed by atoms with Crippen LogP contribution in [-0.2, 0) is 0 Å². The molecule has 0 saturated heterocycles. The van der Waals surface area contributed by atoms with Crippen molar-refractivity contribution >= 4 is 46.3 Å². The van der Waals surface area contributed by atoms with E-state index in [0.717, 1.165) is 11.4 Å². The molecule has 0 fully saturated rings. The maximum Gasteiger partial charge on any atom is 0.249 e. The van der Waals surface area contributed by atoms with Crippen LogP contribution in [0.25, 0.3) is 0 Å². The van der Waals surface area contributed by atoms with Gasteiger partial charge < -0.3 is 20.1 Å². The molecule has 9 heteroatoms. The normalized spacial score (nSPS) is 12.5. The van der Waals surface area contributed by atoms with Crippen molar-refractivity contribution in [2.24, 2.45) is 0 Å². The van der Waals surface area contributed by atoms with Crippen LogP contribution in [0, 0.1) is 0 Å². The van der Waals surface area contributed by atoms with E-state index < -0.39 is 0 Å². The van der Waals surface area contributed by atoms with Gasteiger partial charge in [-0.15, -0.1) is 5.10 Å². The van der Waals surface area contributed by atoms with Gasteiger partial charge in [-0.3, -0.25) is 0 Å². The van der Waals surface area contributed by atoms with Crippen LogP contribution in [0.5, 0.6) is 11.5 Å². The topological polar surface area (TPSA) is 81.2 Å². The number of hydrogen-bond acceptors (Lipinski definition) is 7. The summed E-state index contributed by atoms with van der Waals surface area (Å²) >= 11 is 12.1. The fraction of sp³-hybridized carbons (Fsp3) is 0.118. The fourth-order valence-corrected chi connectivity index (χ4v) is 2.74. The lowest BCUT2D eigenvalue weighted by Gasteiger charge is -2.19. The Labute approximate surface area is 159 Å². The van der Waals surface area contributed by atoms with E-state index in [1.165, 1.54) is 6.20 Å². The molecule has 0 unspecified atom stereocenters. The zero-order chi connectivity index (χ0) is 17.9. The molecule has 7 nitrogen and oxygen atoms in total. The van der Waals surface area contributed by atoms with E-state index >= 15 is 0 Å². The molecule has 0 aliphatic carbocycles. The van der Waals surface area contributed by atoms with Gasteiger partial charge in [0.15, 0.2) is 17.3 Å². The first-order chi connectivity index (χ1) is 12.7. The summed E-state index contributed by atoms with van der Waals surface area (Å²) in [4.78, 5) is 4.38. The van der Waals surface area contributed by atoms with E-state index in [1.54, 1.807) is 18.2 Å². The van der Waals surface area contributed by atoms with Crippen molar-refractivity contribution < 1.29 is 9.47 Å². The molecule has 0 saturated carbocycles. The van der Waals surface area contributed by atoms with Crippen LogP contribution >= 0.6 is 23.2 Å².